The molecular weight excluding hydrogens is 260 g/mol. The van der Waals surface area contributed by atoms with E-state index in [0.29, 0.717) is 12.1 Å². The minimum absolute atomic E-state index is 0.141. The minimum Gasteiger partial charge on any atom is -0.387 e. The van der Waals surface area contributed by atoms with Crippen molar-refractivity contribution in [3.8, 4) is 0 Å². The van der Waals surface area contributed by atoms with Gasteiger partial charge in [0.25, 0.3) is 0 Å². The van der Waals surface area contributed by atoms with Crippen LogP contribution in [0.4, 0.5) is 8.78 Å². The first-order chi connectivity index (χ1) is 9.00. The smallest absolute Gasteiger partial charge is 0.159 e. The number of β-amino-alcohol motifs (C(OH)–C–C–N with tert-alkyl or cyclic N) is 1. The molecule has 0 aromatic heterocycles. The lowest BCUT2D eigenvalue weighted by Crippen LogP contribution is -2.44. The molecule has 0 amide bonds. The van der Waals surface area contributed by atoms with E-state index in [9.17, 15) is 13.9 Å². The second-order valence-corrected chi connectivity index (χ2v) is 7.19. The Morgan fingerprint density at radius 1 is 1.10 bits per heavy atom. The van der Waals surface area contributed by atoms with Crippen LogP contribution in [-0.4, -0.2) is 17.2 Å². The molecule has 2 nitrogen and oxygen atoms in total. The molecule has 4 heteroatoms. The predicted octanol–water partition coefficient (Wildman–Crippen LogP) is 3.80. The highest BCUT2D eigenvalue weighted by Gasteiger charge is 2.25. The lowest BCUT2D eigenvalue weighted by atomic mass is 9.81. The largest absolute Gasteiger partial charge is 0.387 e. The van der Waals surface area contributed by atoms with Gasteiger partial charge in [-0.25, -0.2) is 8.78 Å². The molecule has 0 saturated heterocycles. The summed E-state index contributed by atoms with van der Waals surface area (Å²) in [4.78, 5) is 0. The SMILES string of the molecule is CC(C)(C)CC(C)(C)NCC(O)c1ccc(F)c(F)c1. The standard InChI is InChI=1S/C16H25F2NO/c1-15(2,3)10-16(4,5)19-9-14(20)11-6-7-12(17)13(18)8-11/h6-8,14,19-20H,9-10H2,1-5H3. The molecule has 1 aromatic carbocycles. The Hall–Kier alpha value is -1.00. The van der Waals surface area contributed by atoms with Gasteiger partial charge in [0.05, 0.1) is 6.10 Å². The molecule has 0 saturated carbocycles. The molecule has 114 valence electrons. The van der Waals surface area contributed by atoms with Crippen molar-refractivity contribution in [2.24, 2.45) is 5.41 Å². The van der Waals surface area contributed by atoms with Crippen LogP contribution in [0.3, 0.4) is 0 Å². The monoisotopic (exact) mass is 285 g/mol. The molecular formula is C16H25F2NO. The van der Waals surface area contributed by atoms with E-state index in [1.54, 1.807) is 0 Å². The quantitative estimate of drug-likeness (QED) is 0.862. The normalized spacial score (nSPS) is 14.4. The molecule has 20 heavy (non-hydrogen) atoms. The van der Waals surface area contributed by atoms with Crippen molar-refractivity contribution in [2.75, 3.05) is 6.54 Å². The van der Waals surface area contributed by atoms with Crippen molar-refractivity contribution in [2.45, 2.75) is 52.7 Å². The van der Waals surface area contributed by atoms with Crippen molar-refractivity contribution in [1.82, 2.24) is 5.32 Å². The fraction of sp³-hybridized carbons (Fsp3) is 0.625. The number of aliphatic hydroxyl groups is 1. The predicted molar refractivity (Wildman–Crippen MR) is 77.5 cm³/mol. The molecule has 0 aliphatic heterocycles. The number of rotatable bonds is 5. The maximum Gasteiger partial charge on any atom is 0.159 e. The van der Waals surface area contributed by atoms with Gasteiger partial charge >= 0.3 is 0 Å². The summed E-state index contributed by atoms with van der Waals surface area (Å²) < 4.78 is 26.0. The van der Waals surface area contributed by atoms with Gasteiger partial charge in [0, 0.05) is 12.1 Å². The van der Waals surface area contributed by atoms with Crippen LogP contribution in [0.2, 0.25) is 0 Å². The minimum atomic E-state index is -0.935. The summed E-state index contributed by atoms with van der Waals surface area (Å²) in [6, 6.07) is 3.48. The Morgan fingerprint density at radius 3 is 2.20 bits per heavy atom. The molecule has 1 rings (SSSR count). The zero-order chi connectivity index (χ0) is 15.6. The molecule has 0 aliphatic rings. The third kappa shape index (κ3) is 5.55. The average molecular weight is 285 g/mol. The van der Waals surface area contributed by atoms with Crippen molar-refractivity contribution in [3.63, 3.8) is 0 Å². The maximum absolute atomic E-state index is 13.1. The third-order valence-electron chi connectivity index (χ3n) is 3.07. The van der Waals surface area contributed by atoms with E-state index in [1.807, 2.05) is 0 Å². The summed E-state index contributed by atoms with van der Waals surface area (Å²) in [6.45, 7) is 10.9. The first-order valence-electron chi connectivity index (χ1n) is 6.88. The molecule has 0 radical (unpaired) electrons. The van der Waals surface area contributed by atoms with Gasteiger partial charge in [-0.1, -0.05) is 26.8 Å². The van der Waals surface area contributed by atoms with Gasteiger partial charge in [0.1, 0.15) is 0 Å². The molecule has 0 spiro atoms. The summed E-state index contributed by atoms with van der Waals surface area (Å²) in [5.74, 6) is -1.84. The van der Waals surface area contributed by atoms with Crippen molar-refractivity contribution >= 4 is 0 Å². The van der Waals surface area contributed by atoms with Gasteiger partial charge in [-0.15, -0.1) is 0 Å². The Morgan fingerprint density at radius 2 is 1.70 bits per heavy atom. The summed E-state index contributed by atoms with van der Waals surface area (Å²) in [7, 11) is 0. The van der Waals surface area contributed by atoms with Gasteiger partial charge in [-0.3, -0.25) is 0 Å². The van der Waals surface area contributed by atoms with E-state index in [0.717, 1.165) is 18.6 Å². The molecule has 0 bridgehead atoms. The fourth-order valence-corrected chi connectivity index (χ4v) is 2.60. The van der Waals surface area contributed by atoms with Crippen LogP contribution >= 0.6 is 0 Å². The summed E-state index contributed by atoms with van der Waals surface area (Å²) in [6.07, 6.45) is 0.0779. The van der Waals surface area contributed by atoms with E-state index in [-0.39, 0.29) is 11.0 Å². The zero-order valence-corrected chi connectivity index (χ0v) is 12.9. The van der Waals surface area contributed by atoms with Crippen LogP contribution < -0.4 is 5.32 Å². The van der Waals surface area contributed by atoms with Crippen LogP contribution in [-0.2, 0) is 0 Å². The lowest BCUT2D eigenvalue weighted by molar-refractivity contribution is 0.148. The highest BCUT2D eigenvalue weighted by atomic mass is 19.2. The second kappa shape index (κ2) is 6.19. The Labute approximate surface area is 120 Å². The number of aliphatic hydroxyl groups excluding tert-OH is 1. The van der Waals surface area contributed by atoms with Gasteiger partial charge in [-0.2, -0.15) is 0 Å². The van der Waals surface area contributed by atoms with Gasteiger partial charge in [0.2, 0.25) is 0 Å². The van der Waals surface area contributed by atoms with Crippen LogP contribution in [0, 0.1) is 17.0 Å². The molecule has 0 aliphatic carbocycles. The Bertz CT molecular complexity index is 452. The van der Waals surface area contributed by atoms with E-state index < -0.39 is 17.7 Å². The Balaban J connectivity index is 2.62. The fourth-order valence-electron chi connectivity index (χ4n) is 2.60. The summed E-state index contributed by atoms with van der Waals surface area (Å²) >= 11 is 0. The molecule has 0 heterocycles. The van der Waals surface area contributed by atoms with Crippen molar-refractivity contribution in [1.29, 1.82) is 0 Å². The highest BCUT2D eigenvalue weighted by Crippen LogP contribution is 2.27. The second-order valence-electron chi connectivity index (χ2n) is 7.19. The van der Waals surface area contributed by atoms with E-state index >= 15 is 0 Å². The van der Waals surface area contributed by atoms with Gasteiger partial charge in [-0.05, 0) is 43.4 Å². The van der Waals surface area contributed by atoms with Crippen LogP contribution in [0.25, 0.3) is 0 Å². The molecule has 2 N–H and O–H groups in total. The topological polar surface area (TPSA) is 32.3 Å². The summed E-state index contributed by atoms with van der Waals surface area (Å²) in [5.41, 5.74) is 0.407. The van der Waals surface area contributed by atoms with Crippen LogP contribution in [0.15, 0.2) is 18.2 Å². The number of halogens is 2. The first-order valence-corrected chi connectivity index (χ1v) is 6.88. The maximum atomic E-state index is 13.1. The number of nitrogens with one attached hydrogen (secondary N) is 1. The zero-order valence-electron chi connectivity index (χ0n) is 12.9. The molecule has 1 aromatic rings. The number of benzene rings is 1. The Kier molecular flexibility index (Phi) is 5.27. The van der Waals surface area contributed by atoms with E-state index in [2.05, 4.69) is 39.9 Å². The van der Waals surface area contributed by atoms with Crippen LogP contribution in [0.5, 0.6) is 0 Å². The number of hydrogen-bond donors (Lipinski definition) is 2. The van der Waals surface area contributed by atoms with Crippen molar-refractivity contribution in [3.05, 3.63) is 35.4 Å². The average Bonchev–Trinajstić information content (AvgIpc) is 2.26. The number of hydrogen-bond acceptors (Lipinski definition) is 2. The molecule has 0 fully saturated rings. The summed E-state index contributed by atoms with van der Waals surface area (Å²) in [5, 5.41) is 13.3. The van der Waals surface area contributed by atoms with Crippen molar-refractivity contribution < 1.29 is 13.9 Å². The van der Waals surface area contributed by atoms with E-state index in [1.165, 1.54) is 6.07 Å². The molecule has 1 unspecified atom stereocenters. The van der Waals surface area contributed by atoms with Gasteiger partial charge in [0.15, 0.2) is 11.6 Å². The molecule has 1 atom stereocenters. The van der Waals surface area contributed by atoms with Crippen LogP contribution in [0.1, 0.15) is 52.7 Å². The third-order valence-corrected chi connectivity index (χ3v) is 3.07. The first kappa shape index (κ1) is 17.1. The van der Waals surface area contributed by atoms with E-state index in [4.69, 9.17) is 0 Å². The lowest BCUT2D eigenvalue weighted by Gasteiger charge is -2.34. The highest BCUT2D eigenvalue weighted by molar-refractivity contribution is 5.20. The van der Waals surface area contributed by atoms with Gasteiger partial charge < -0.3 is 10.4 Å².